The highest BCUT2D eigenvalue weighted by atomic mass is 32.2. The minimum atomic E-state index is -3.80. The van der Waals surface area contributed by atoms with Crippen molar-refractivity contribution in [3.05, 3.63) is 28.3 Å². The molecule has 2 saturated heterocycles. The van der Waals surface area contributed by atoms with Gasteiger partial charge in [0, 0.05) is 45.3 Å². The van der Waals surface area contributed by atoms with Crippen molar-refractivity contribution in [1.82, 2.24) is 8.61 Å². The molecule has 0 radical (unpaired) electrons. The lowest BCUT2D eigenvalue weighted by atomic mass is 10.2. The average Bonchev–Trinajstić information content (AvgIpc) is 3.10. The fraction of sp³-hybridized carbons (Fsp3) is 0.667. The number of hydrogen-bond donors (Lipinski definition) is 0. The molecule has 10 nitrogen and oxygen atoms in total. The van der Waals surface area contributed by atoms with Crippen LogP contribution in [0.2, 0.25) is 0 Å². The molecule has 2 aliphatic heterocycles. The van der Waals surface area contributed by atoms with Crippen LogP contribution in [-0.2, 0) is 20.0 Å². The second kappa shape index (κ2) is 9.16. The van der Waals surface area contributed by atoms with Crippen LogP contribution in [0.15, 0.2) is 23.1 Å². The molecule has 2 fully saturated rings. The predicted octanol–water partition coefficient (Wildman–Crippen LogP) is 1.63. The van der Waals surface area contributed by atoms with Gasteiger partial charge in [0.15, 0.2) is 0 Å². The van der Waals surface area contributed by atoms with E-state index < -0.39 is 25.0 Å². The van der Waals surface area contributed by atoms with Crippen LogP contribution >= 0.6 is 0 Å². The molecule has 0 unspecified atom stereocenters. The molecule has 3 rings (SSSR count). The molecule has 0 aliphatic carbocycles. The second-order valence-corrected chi connectivity index (χ2v) is 11.6. The van der Waals surface area contributed by atoms with Crippen LogP contribution in [0.4, 0.5) is 11.4 Å². The number of rotatable bonds is 5. The molecule has 0 aromatic heterocycles. The third kappa shape index (κ3) is 5.10. The number of nitro benzene ring substituents is 1. The fourth-order valence-corrected chi connectivity index (χ4v) is 6.39. The molecule has 30 heavy (non-hydrogen) atoms. The van der Waals surface area contributed by atoms with Crippen molar-refractivity contribution in [1.29, 1.82) is 0 Å². The van der Waals surface area contributed by atoms with E-state index in [0.29, 0.717) is 44.8 Å². The Hall–Kier alpha value is -1.76. The van der Waals surface area contributed by atoms with Crippen LogP contribution in [0.25, 0.3) is 0 Å². The summed E-state index contributed by atoms with van der Waals surface area (Å²) in [5, 5.41) is 11.7. The number of hydrogen-bond acceptors (Lipinski definition) is 7. The van der Waals surface area contributed by atoms with Crippen LogP contribution in [0.5, 0.6) is 0 Å². The Morgan fingerprint density at radius 2 is 1.47 bits per heavy atom. The van der Waals surface area contributed by atoms with Gasteiger partial charge in [0.2, 0.25) is 20.0 Å². The molecule has 168 valence electrons. The normalized spacial score (nSPS) is 20.5. The van der Waals surface area contributed by atoms with Crippen molar-refractivity contribution in [2.45, 2.75) is 37.0 Å². The van der Waals surface area contributed by atoms with Crippen molar-refractivity contribution in [3.8, 4) is 0 Å². The van der Waals surface area contributed by atoms with Gasteiger partial charge in [-0.3, -0.25) is 10.1 Å². The highest BCUT2D eigenvalue weighted by Gasteiger charge is 2.30. The number of sulfonamides is 2. The highest BCUT2D eigenvalue weighted by molar-refractivity contribution is 7.89. The topological polar surface area (TPSA) is 121 Å². The molecule has 1 aromatic rings. The SMILES string of the molecule is CS(=O)(=O)N1CCCN(c2ccc(S(=O)(=O)N3CCCCCC3)cc2[N+](=O)[O-])CC1. The van der Waals surface area contributed by atoms with E-state index in [4.69, 9.17) is 0 Å². The minimum absolute atomic E-state index is 0.0764. The number of anilines is 1. The summed E-state index contributed by atoms with van der Waals surface area (Å²) in [4.78, 5) is 12.9. The van der Waals surface area contributed by atoms with Gasteiger partial charge in [-0.2, -0.15) is 4.31 Å². The molecule has 0 atom stereocenters. The van der Waals surface area contributed by atoms with Crippen molar-refractivity contribution in [2.24, 2.45) is 0 Å². The first kappa shape index (κ1) is 22.9. The first-order chi connectivity index (χ1) is 14.1. The van der Waals surface area contributed by atoms with E-state index in [2.05, 4.69) is 0 Å². The number of nitro groups is 1. The maximum absolute atomic E-state index is 13.0. The molecule has 1 aromatic carbocycles. The van der Waals surface area contributed by atoms with E-state index in [9.17, 15) is 26.9 Å². The Balaban J connectivity index is 1.89. The predicted molar refractivity (Wildman–Crippen MR) is 114 cm³/mol. The first-order valence-electron chi connectivity index (χ1n) is 10.1. The fourth-order valence-electron chi connectivity index (χ4n) is 3.97. The third-order valence-electron chi connectivity index (χ3n) is 5.61. The Morgan fingerprint density at radius 3 is 2.07 bits per heavy atom. The van der Waals surface area contributed by atoms with E-state index in [0.717, 1.165) is 38.0 Å². The summed E-state index contributed by atoms with van der Waals surface area (Å²) >= 11 is 0. The zero-order valence-corrected chi connectivity index (χ0v) is 18.7. The van der Waals surface area contributed by atoms with E-state index in [-0.39, 0.29) is 17.1 Å². The largest absolute Gasteiger partial charge is 0.365 e. The van der Waals surface area contributed by atoms with E-state index in [1.54, 1.807) is 4.90 Å². The summed E-state index contributed by atoms with van der Waals surface area (Å²) in [6, 6.07) is 4.02. The summed E-state index contributed by atoms with van der Waals surface area (Å²) in [5.41, 5.74) is 0.0314. The summed E-state index contributed by atoms with van der Waals surface area (Å²) in [6.45, 7) is 2.17. The van der Waals surface area contributed by atoms with Gasteiger partial charge in [-0.05, 0) is 31.4 Å². The zero-order valence-electron chi connectivity index (χ0n) is 17.1. The van der Waals surface area contributed by atoms with Gasteiger partial charge >= 0.3 is 0 Å². The molecular weight excluding hydrogens is 432 g/mol. The molecule has 2 heterocycles. The molecule has 0 bridgehead atoms. The second-order valence-electron chi connectivity index (χ2n) is 7.73. The smallest absolute Gasteiger partial charge is 0.293 e. The Bertz CT molecular complexity index is 988. The molecule has 0 spiro atoms. The first-order valence-corrected chi connectivity index (χ1v) is 13.4. The maximum atomic E-state index is 13.0. The molecule has 2 aliphatic rings. The van der Waals surface area contributed by atoms with Crippen LogP contribution in [0.3, 0.4) is 0 Å². The highest BCUT2D eigenvalue weighted by Crippen LogP contribution is 2.33. The lowest BCUT2D eigenvalue weighted by Crippen LogP contribution is -2.34. The quantitative estimate of drug-likeness (QED) is 0.483. The molecule has 0 saturated carbocycles. The van der Waals surface area contributed by atoms with E-state index >= 15 is 0 Å². The van der Waals surface area contributed by atoms with E-state index in [1.165, 1.54) is 20.7 Å². The number of nitrogens with zero attached hydrogens (tertiary/aromatic N) is 4. The van der Waals surface area contributed by atoms with Gasteiger partial charge in [0.05, 0.1) is 16.1 Å². The minimum Gasteiger partial charge on any atom is -0.365 e. The molecule has 0 amide bonds. The lowest BCUT2D eigenvalue weighted by Gasteiger charge is -2.24. The van der Waals surface area contributed by atoms with Crippen LogP contribution in [0, 0.1) is 10.1 Å². The van der Waals surface area contributed by atoms with Gasteiger partial charge < -0.3 is 4.90 Å². The van der Waals surface area contributed by atoms with E-state index in [1.807, 2.05) is 0 Å². The molecule has 12 heteroatoms. The number of benzene rings is 1. The lowest BCUT2D eigenvalue weighted by molar-refractivity contribution is -0.384. The van der Waals surface area contributed by atoms with Gasteiger partial charge in [-0.15, -0.1) is 0 Å². The van der Waals surface area contributed by atoms with Crippen molar-refractivity contribution in [2.75, 3.05) is 50.4 Å². The van der Waals surface area contributed by atoms with Gasteiger partial charge in [0.25, 0.3) is 5.69 Å². The van der Waals surface area contributed by atoms with Crippen LogP contribution in [0.1, 0.15) is 32.1 Å². The van der Waals surface area contributed by atoms with Crippen LogP contribution in [-0.4, -0.2) is 75.9 Å². The Kier molecular flexibility index (Phi) is 7.00. The van der Waals surface area contributed by atoms with Crippen molar-refractivity contribution >= 4 is 31.4 Å². The summed E-state index contributed by atoms with van der Waals surface area (Å²) in [6.07, 6.45) is 5.19. The monoisotopic (exact) mass is 460 g/mol. The average molecular weight is 461 g/mol. The van der Waals surface area contributed by atoms with Crippen LogP contribution < -0.4 is 4.90 Å². The Labute approximate surface area is 177 Å². The summed E-state index contributed by atoms with van der Waals surface area (Å²) in [5.74, 6) is 0. The maximum Gasteiger partial charge on any atom is 0.293 e. The van der Waals surface area contributed by atoms with Crippen molar-refractivity contribution < 1.29 is 21.8 Å². The summed E-state index contributed by atoms with van der Waals surface area (Å²) < 4.78 is 52.5. The van der Waals surface area contributed by atoms with Gasteiger partial charge in [0.1, 0.15) is 5.69 Å². The Morgan fingerprint density at radius 1 is 0.833 bits per heavy atom. The van der Waals surface area contributed by atoms with Gasteiger partial charge in [-0.25, -0.2) is 21.1 Å². The zero-order chi connectivity index (χ0) is 21.9. The summed E-state index contributed by atoms with van der Waals surface area (Å²) in [7, 11) is -7.14. The molecular formula is C18H28N4O6S2. The standard InChI is InChI=1S/C18H28N4O6S2/c1-29(25,26)20-12-6-9-19(13-14-20)17-8-7-16(15-18(17)22(23)24)30(27,28)21-10-4-2-3-5-11-21/h7-8,15H,2-6,9-14H2,1H3. The van der Waals surface area contributed by atoms with Gasteiger partial charge in [-0.1, -0.05) is 12.8 Å². The van der Waals surface area contributed by atoms with Crippen molar-refractivity contribution in [3.63, 3.8) is 0 Å². The third-order valence-corrected chi connectivity index (χ3v) is 8.81. The molecule has 0 N–H and O–H groups in total.